The minimum atomic E-state index is -1.21. The lowest BCUT2D eigenvalue weighted by Gasteiger charge is -2.11. The van der Waals surface area contributed by atoms with E-state index in [4.69, 9.17) is 10.2 Å². The van der Waals surface area contributed by atoms with E-state index in [-0.39, 0.29) is 0 Å². The Morgan fingerprint density at radius 1 is 1.46 bits per heavy atom. The minimum absolute atomic E-state index is 0.364. The third-order valence-electron chi connectivity index (χ3n) is 1.20. The Labute approximate surface area is 75.2 Å². The Hall–Kier alpha value is -1.40. The maximum absolute atomic E-state index is 10.4. The lowest BCUT2D eigenvalue weighted by atomic mass is 10.2. The van der Waals surface area contributed by atoms with Gasteiger partial charge in [0.25, 0.3) is 0 Å². The molecule has 0 rings (SSSR count). The molecule has 0 bridgehead atoms. The van der Waals surface area contributed by atoms with E-state index in [1.165, 1.54) is 6.08 Å². The molecule has 0 aliphatic heterocycles. The molecule has 0 aromatic carbocycles. The van der Waals surface area contributed by atoms with Crippen molar-refractivity contribution in [1.29, 1.82) is 0 Å². The molecule has 74 valence electrons. The average Bonchev–Trinajstić information content (AvgIpc) is 2.02. The molecule has 13 heavy (non-hydrogen) atoms. The van der Waals surface area contributed by atoms with Gasteiger partial charge in [0.05, 0.1) is 6.42 Å². The van der Waals surface area contributed by atoms with Crippen LogP contribution in [0.3, 0.4) is 0 Å². The summed E-state index contributed by atoms with van der Waals surface area (Å²) in [6.07, 6.45) is 1.05. The Balaban J connectivity index is 3.87. The lowest BCUT2D eigenvalue weighted by molar-refractivity contribution is -0.146. The van der Waals surface area contributed by atoms with Gasteiger partial charge in [0.2, 0.25) is 0 Å². The predicted molar refractivity (Wildman–Crippen MR) is 45.0 cm³/mol. The van der Waals surface area contributed by atoms with Gasteiger partial charge in [-0.2, -0.15) is 0 Å². The zero-order valence-electron chi connectivity index (χ0n) is 6.99. The lowest BCUT2D eigenvalue weighted by Crippen LogP contribution is -2.46. The van der Waals surface area contributed by atoms with E-state index in [9.17, 15) is 9.59 Å². The zero-order valence-corrected chi connectivity index (χ0v) is 6.99. The number of hydrazine groups is 1. The molecule has 6 heteroatoms. The molecule has 4 N–H and O–H groups in total. The van der Waals surface area contributed by atoms with E-state index in [2.05, 4.69) is 17.4 Å². The van der Waals surface area contributed by atoms with Gasteiger partial charge in [-0.25, -0.2) is 5.43 Å². The van der Waals surface area contributed by atoms with Crippen LogP contribution in [0.15, 0.2) is 12.7 Å². The van der Waals surface area contributed by atoms with Gasteiger partial charge in [0, 0.05) is 6.54 Å². The Bertz CT molecular complexity index is 205. The fourth-order valence-electron chi connectivity index (χ4n) is 0.629. The van der Waals surface area contributed by atoms with Crippen LogP contribution >= 0.6 is 0 Å². The summed E-state index contributed by atoms with van der Waals surface area (Å²) in [5.41, 5.74) is 4.86. The van der Waals surface area contributed by atoms with Gasteiger partial charge < -0.3 is 10.2 Å². The van der Waals surface area contributed by atoms with Crippen molar-refractivity contribution in [2.75, 3.05) is 6.54 Å². The van der Waals surface area contributed by atoms with Gasteiger partial charge in [0.15, 0.2) is 0 Å². The normalized spacial score (nSPS) is 12.0. The fourth-order valence-corrected chi connectivity index (χ4v) is 0.629. The molecule has 0 spiro atoms. The van der Waals surface area contributed by atoms with Crippen molar-refractivity contribution in [1.82, 2.24) is 10.9 Å². The van der Waals surface area contributed by atoms with E-state index in [0.29, 0.717) is 6.54 Å². The van der Waals surface area contributed by atoms with E-state index >= 15 is 0 Å². The van der Waals surface area contributed by atoms with Crippen LogP contribution in [0, 0.1) is 0 Å². The summed E-state index contributed by atoms with van der Waals surface area (Å²) in [5.74, 6) is -2.38. The predicted octanol–water partition coefficient (Wildman–Crippen LogP) is -0.805. The highest BCUT2D eigenvalue weighted by molar-refractivity contribution is 5.80. The van der Waals surface area contributed by atoms with Crippen LogP contribution in [0.2, 0.25) is 0 Å². The van der Waals surface area contributed by atoms with E-state index in [1.54, 1.807) is 0 Å². The summed E-state index contributed by atoms with van der Waals surface area (Å²) in [4.78, 5) is 20.6. The van der Waals surface area contributed by atoms with Gasteiger partial charge in [-0.15, -0.1) is 6.58 Å². The monoisotopic (exact) mass is 188 g/mol. The van der Waals surface area contributed by atoms with Crippen LogP contribution in [0.1, 0.15) is 6.42 Å². The molecule has 0 radical (unpaired) electrons. The summed E-state index contributed by atoms with van der Waals surface area (Å²) in [6, 6.07) is -1.13. The van der Waals surface area contributed by atoms with Crippen LogP contribution in [-0.2, 0) is 9.59 Å². The van der Waals surface area contributed by atoms with Crippen LogP contribution in [0.25, 0.3) is 0 Å². The molecule has 0 saturated heterocycles. The average molecular weight is 188 g/mol. The number of carboxylic acid groups (broad SMARTS) is 2. The molecule has 0 aliphatic rings. The topological polar surface area (TPSA) is 98.7 Å². The highest BCUT2D eigenvalue weighted by atomic mass is 16.4. The third kappa shape index (κ3) is 5.83. The first-order valence-corrected chi connectivity index (χ1v) is 3.61. The van der Waals surface area contributed by atoms with Gasteiger partial charge in [-0.1, -0.05) is 6.08 Å². The van der Waals surface area contributed by atoms with Crippen LogP contribution in [0.4, 0.5) is 0 Å². The van der Waals surface area contributed by atoms with E-state index in [0.717, 1.165) is 0 Å². The third-order valence-corrected chi connectivity index (χ3v) is 1.20. The zero-order chi connectivity index (χ0) is 10.3. The molecule has 0 amide bonds. The first kappa shape index (κ1) is 11.6. The number of nitrogens with one attached hydrogen (secondary N) is 2. The number of aliphatic carboxylic acids is 2. The van der Waals surface area contributed by atoms with Crippen molar-refractivity contribution in [3.8, 4) is 0 Å². The second kappa shape index (κ2) is 6.15. The quantitative estimate of drug-likeness (QED) is 0.237. The van der Waals surface area contributed by atoms with Crippen molar-refractivity contribution < 1.29 is 19.8 Å². The van der Waals surface area contributed by atoms with Crippen molar-refractivity contribution in [3.05, 3.63) is 12.7 Å². The maximum Gasteiger partial charge on any atom is 0.322 e. The second-order valence-corrected chi connectivity index (χ2v) is 2.30. The van der Waals surface area contributed by atoms with E-state index in [1.807, 2.05) is 0 Å². The highest BCUT2D eigenvalue weighted by Gasteiger charge is 2.19. The number of carboxylic acids is 2. The fraction of sp³-hybridized carbons (Fsp3) is 0.429. The number of rotatable bonds is 7. The number of carbonyl (C=O) groups is 2. The molecule has 1 atom stereocenters. The Morgan fingerprint density at radius 3 is 2.46 bits per heavy atom. The molecule has 0 fully saturated rings. The van der Waals surface area contributed by atoms with Gasteiger partial charge in [0.1, 0.15) is 6.04 Å². The SMILES string of the molecule is C=CCNN[C@@H](CC(=O)O)C(=O)O. The standard InChI is InChI=1S/C7H12N2O4/c1-2-3-8-9-5(7(12)13)4-6(10)11/h2,5,8-9H,1,3-4H2,(H,10,11)(H,12,13)/t5-/m0/s1. The largest absolute Gasteiger partial charge is 0.481 e. The summed E-state index contributed by atoms with van der Waals surface area (Å²) >= 11 is 0. The number of hydrogen-bond donors (Lipinski definition) is 4. The minimum Gasteiger partial charge on any atom is -0.481 e. The van der Waals surface area contributed by atoms with Crippen molar-refractivity contribution in [2.45, 2.75) is 12.5 Å². The van der Waals surface area contributed by atoms with Crippen molar-refractivity contribution in [3.63, 3.8) is 0 Å². The van der Waals surface area contributed by atoms with Gasteiger partial charge in [-0.3, -0.25) is 15.0 Å². The number of hydrogen-bond acceptors (Lipinski definition) is 4. The summed E-state index contributed by atoms with van der Waals surface area (Å²) in [7, 11) is 0. The molecule has 0 aromatic rings. The molecular weight excluding hydrogens is 176 g/mol. The van der Waals surface area contributed by atoms with Gasteiger partial charge >= 0.3 is 11.9 Å². The summed E-state index contributed by atoms with van der Waals surface area (Å²) < 4.78 is 0. The first-order valence-electron chi connectivity index (χ1n) is 3.61. The maximum atomic E-state index is 10.4. The molecule has 6 nitrogen and oxygen atoms in total. The van der Waals surface area contributed by atoms with Crippen LogP contribution in [0.5, 0.6) is 0 Å². The highest BCUT2D eigenvalue weighted by Crippen LogP contribution is 1.90. The summed E-state index contributed by atoms with van der Waals surface area (Å²) in [6.45, 7) is 3.76. The Morgan fingerprint density at radius 2 is 2.08 bits per heavy atom. The second-order valence-electron chi connectivity index (χ2n) is 2.30. The van der Waals surface area contributed by atoms with Crippen molar-refractivity contribution >= 4 is 11.9 Å². The molecule has 0 aromatic heterocycles. The van der Waals surface area contributed by atoms with Gasteiger partial charge in [-0.05, 0) is 0 Å². The molecule has 0 aliphatic carbocycles. The Kier molecular flexibility index (Phi) is 5.49. The van der Waals surface area contributed by atoms with Crippen LogP contribution < -0.4 is 10.9 Å². The smallest absolute Gasteiger partial charge is 0.322 e. The molecule has 0 heterocycles. The van der Waals surface area contributed by atoms with Crippen LogP contribution in [-0.4, -0.2) is 34.7 Å². The first-order chi connectivity index (χ1) is 6.07. The van der Waals surface area contributed by atoms with Crippen molar-refractivity contribution in [2.24, 2.45) is 0 Å². The van der Waals surface area contributed by atoms with E-state index < -0.39 is 24.4 Å². The molecule has 0 unspecified atom stereocenters. The molecular formula is C7H12N2O4. The molecule has 0 saturated carbocycles. The summed E-state index contributed by atoms with van der Waals surface area (Å²) in [5, 5.41) is 16.9.